The first-order valence-corrected chi connectivity index (χ1v) is 12.6. The molecular formula is C20H39N5O6S. The molecule has 0 spiro atoms. The van der Waals surface area contributed by atoms with E-state index in [9.17, 15) is 27.9 Å². The maximum absolute atomic E-state index is 12.8. The van der Waals surface area contributed by atoms with Crippen LogP contribution < -0.4 is 26.4 Å². The lowest BCUT2D eigenvalue weighted by molar-refractivity contribution is -0.135. The fourth-order valence-electron chi connectivity index (χ4n) is 3.33. The number of rotatable bonds is 12. The second-order valence-electron chi connectivity index (χ2n) is 9.08. The van der Waals surface area contributed by atoms with Crippen molar-refractivity contribution in [2.75, 3.05) is 26.2 Å². The lowest BCUT2D eigenvalue weighted by atomic mass is 9.97. The summed E-state index contributed by atoms with van der Waals surface area (Å²) in [6.45, 7) is 9.14. The molecule has 1 rings (SSSR count). The number of aliphatic hydroxyl groups is 1. The zero-order valence-electron chi connectivity index (χ0n) is 19.6. The van der Waals surface area contributed by atoms with Crippen molar-refractivity contribution in [1.29, 1.82) is 0 Å². The van der Waals surface area contributed by atoms with E-state index in [2.05, 4.69) is 20.7 Å². The maximum atomic E-state index is 12.8. The summed E-state index contributed by atoms with van der Waals surface area (Å²) in [5.74, 6) is -2.45. The molecule has 2 amide bonds. The average molecular weight is 478 g/mol. The molecule has 11 nitrogen and oxygen atoms in total. The SMILES string of the molecule is CC(C)CNS(=O)(=O)C1CNCC(C(=O)N[C@H](C(=O)N[C@@H](CN)C(=O)C(C)C)[C@H](C)O)C1. The molecule has 0 aliphatic carbocycles. The number of piperidine rings is 1. The lowest BCUT2D eigenvalue weighted by Gasteiger charge is -2.31. The van der Waals surface area contributed by atoms with Gasteiger partial charge in [0.2, 0.25) is 21.8 Å². The van der Waals surface area contributed by atoms with Crippen molar-refractivity contribution < 1.29 is 27.9 Å². The molecule has 2 unspecified atom stereocenters. The monoisotopic (exact) mass is 477 g/mol. The van der Waals surface area contributed by atoms with Crippen LogP contribution in [0.1, 0.15) is 41.0 Å². The Balaban J connectivity index is 2.83. The number of nitrogens with one attached hydrogen (secondary N) is 4. The van der Waals surface area contributed by atoms with Gasteiger partial charge in [-0.05, 0) is 19.3 Å². The van der Waals surface area contributed by atoms with Gasteiger partial charge in [0, 0.05) is 32.1 Å². The molecular weight excluding hydrogens is 438 g/mol. The number of carbonyl (C=O) groups is 3. The van der Waals surface area contributed by atoms with Crippen LogP contribution in [0.4, 0.5) is 0 Å². The van der Waals surface area contributed by atoms with E-state index >= 15 is 0 Å². The molecule has 1 heterocycles. The van der Waals surface area contributed by atoms with E-state index in [4.69, 9.17) is 5.73 Å². The number of Topliss-reactive ketones (excluding diaryl/α,β-unsaturated/α-hetero) is 1. The predicted octanol–water partition coefficient (Wildman–Crippen LogP) is -1.93. The van der Waals surface area contributed by atoms with Crippen molar-refractivity contribution >= 4 is 27.6 Å². The van der Waals surface area contributed by atoms with E-state index in [0.717, 1.165) is 0 Å². The fourth-order valence-corrected chi connectivity index (χ4v) is 4.95. The first-order valence-electron chi connectivity index (χ1n) is 11.0. The standard InChI is InChI=1S/C20H39N5O6S/c1-11(2)8-23-32(30,31)15-6-14(9-22-10-15)19(28)25-17(13(5)26)20(29)24-16(7-21)18(27)12(3)4/h11-17,22-23,26H,6-10,21H2,1-5H3,(H,24,29)(H,25,28)/t13-,14?,15?,16-,17-/m0/s1. The molecule has 1 aliphatic heterocycles. The van der Waals surface area contributed by atoms with E-state index in [1.165, 1.54) is 6.92 Å². The molecule has 1 fully saturated rings. The largest absolute Gasteiger partial charge is 0.391 e. The molecule has 0 bridgehead atoms. The molecule has 7 N–H and O–H groups in total. The van der Waals surface area contributed by atoms with E-state index in [-0.39, 0.29) is 43.7 Å². The van der Waals surface area contributed by atoms with Crippen molar-refractivity contribution in [1.82, 2.24) is 20.7 Å². The molecule has 0 aromatic carbocycles. The number of amides is 2. The van der Waals surface area contributed by atoms with Crippen LogP contribution in [0.2, 0.25) is 0 Å². The van der Waals surface area contributed by atoms with Gasteiger partial charge in [0.25, 0.3) is 0 Å². The quantitative estimate of drug-likeness (QED) is 0.188. The van der Waals surface area contributed by atoms with Crippen molar-refractivity contribution in [2.45, 2.75) is 64.5 Å². The van der Waals surface area contributed by atoms with Crippen LogP contribution in [-0.4, -0.2) is 80.7 Å². The summed E-state index contributed by atoms with van der Waals surface area (Å²) in [6, 6.07) is -2.24. The van der Waals surface area contributed by atoms with Gasteiger partial charge in [0.05, 0.1) is 23.3 Å². The Morgan fingerprint density at radius 1 is 1.09 bits per heavy atom. The number of hydrogen-bond acceptors (Lipinski definition) is 8. The summed E-state index contributed by atoms with van der Waals surface area (Å²) in [6.07, 6.45) is -1.16. The van der Waals surface area contributed by atoms with Crippen molar-refractivity contribution in [3.05, 3.63) is 0 Å². The first-order chi connectivity index (χ1) is 14.8. The minimum atomic E-state index is -3.62. The number of aliphatic hydroxyl groups excluding tert-OH is 1. The second kappa shape index (κ2) is 12.6. The highest BCUT2D eigenvalue weighted by Gasteiger charge is 2.37. The summed E-state index contributed by atoms with van der Waals surface area (Å²) < 4.78 is 27.6. The molecule has 186 valence electrons. The average Bonchev–Trinajstić information content (AvgIpc) is 2.73. The van der Waals surface area contributed by atoms with Gasteiger partial charge in [-0.3, -0.25) is 14.4 Å². The third kappa shape index (κ3) is 8.39. The maximum Gasteiger partial charge on any atom is 0.245 e. The van der Waals surface area contributed by atoms with Crippen molar-refractivity contribution in [3.63, 3.8) is 0 Å². The zero-order chi connectivity index (χ0) is 24.6. The zero-order valence-corrected chi connectivity index (χ0v) is 20.4. The van der Waals surface area contributed by atoms with Gasteiger partial charge in [-0.2, -0.15) is 0 Å². The number of hydrogen-bond donors (Lipinski definition) is 6. The molecule has 0 radical (unpaired) electrons. The van der Waals surface area contributed by atoms with Crippen LogP contribution in [0.5, 0.6) is 0 Å². The first kappa shape index (κ1) is 28.4. The van der Waals surface area contributed by atoms with E-state index in [1.807, 2.05) is 13.8 Å². The third-order valence-corrected chi connectivity index (χ3v) is 7.15. The van der Waals surface area contributed by atoms with Gasteiger partial charge in [-0.25, -0.2) is 13.1 Å². The minimum Gasteiger partial charge on any atom is -0.391 e. The van der Waals surface area contributed by atoms with Crippen molar-refractivity contribution in [2.24, 2.45) is 23.5 Å². The Hall–Kier alpha value is -1.60. The van der Waals surface area contributed by atoms with Gasteiger partial charge >= 0.3 is 0 Å². The van der Waals surface area contributed by atoms with Crippen molar-refractivity contribution in [3.8, 4) is 0 Å². The van der Waals surface area contributed by atoms with Crippen LogP contribution in [-0.2, 0) is 24.4 Å². The summed E-state index contributed by atoms with van der Waals surface area (Å²) in [4.78, 5) is 37.6. The Labute approximate surface area is 190 Å². The number of nitrogens with two attached hydrogens (primary N) is 1. The summed E-state index contributed by atoms with van der Waals surface area (Å²) in [5.41, 5.74) is 5.60. The smallest absolute Gasteiger partial charge is 0.245 e. The number of ketones is 1. The molecule has 0 aromatic rings. The van der Waals surface area contributed by atoms with Crippen LogP contribution >= 0.6 is 0 Å². The van der Waals surface area contributed by atoms with Gasteiger partial charge in [0.15, 0.2) is 5.78 Å². The predicted molar refractivity (Wildman–Crippen MR) is 121 cm³/mol. The van der Waals surface area contributed by atoms with E-state index in [0.29, 0.717) is 6.54 Å². The number of carbonyl (C=O) groups excluding carboxylic acids is 3. The molecule has 1 aliphatic rings. The van der Waals surface area contributed by atoms with Gasteiger partial charge < -0.3 is 26.8 Å². The third-order valence-electron chi connectivity index (χ3n) is 5.34. The normalized spacial score (nSPS) is 22.3. The van der Waals surface area contributed by atoms with Gasteiger partial charge in [-0.15, -0.1) is 0 Å². The van der Waals surface area contributed by atoms with Gasteiger partial charge in [-0.1, -0.05) is 27.7 Å². The molecule has 12 heteroatoms. The molecule has 1 saturated heterocycles. The Kier molecular flexibility index (Phi) is 11.2. The highest BCUT2D eigenvalue weighted by molar-refractivity contribution is 7.90. The summed E-state index contributed by atoms with van der Waals surface area (Å²) in [7, 11) is -3.62. The molecule has 32 heavy (non-hydrogen) atoms. The van der Waals surface area contributed by atoms with Crippen LogP contribution in [0.25, 0.3) is 0 Å². The topological polar surface area (TPSA) is 180 Å². The van der Waals surface area contributed by atoms with Crippen LogP contribution in [0.15, 0.2) is 0 Å². The second-order valence-corrected chi connectivity index (χ2v) is 11.1. The highest BCUT2D eigenvalue weighted by Crippen LogP contribution is 2.17. The Morgan fingerprint density at radius 2 is 1.72 bits per heavy atom. The lowest BCUT2D eigenvalue weighted by Crippen LogP contribution is -2.59. The van der Waals surface area contributed by atoms with E-state index < -0.39 is 51.2 Å². The Morgan fingerprint density at radius 3 is 2.22 bits per heavy atom. The van der Waals surface area contributed by atoms with Gasteiger partial charge in [0.1, 0.15) is 6.04 Å². The summed E-state index contributed by atoms with van der Waals surface area (Å²) >= 11 is 0. The Bertz CT molecular complexity index is 756. The molecule has 5 atom stereocenters. The highest BCUT2D eigenvalue weighted by atomic mass is 32.2. The molecule has 0 saturated carbocycles. The minimum absolute atomic E-state index is 0.0810. The van der Waals surface area contributed by atoms with E-state index in [1.54, 1.807) is 13.8 Å². The number of sulfonamides is 1. The molecule has 0 aromatic heterocycles. The summed E-state index contributed by atoms with van der Waals surface area (Å²) in [5, 5.41) is 17.2. The van der Waals surface area contributed by atoms with Crippen LogP contribution in [0.3, 0.4) is 0 Å². The van der Waals surface area contributed by atoms with Crippen LogP contribution in [0, 0.1) is 17.8 Å². The fraction of sp³-hybridized carbons (Fsp3) is 0.850.